The molecule has 164 valence electrons. The molecule has 7 heteroatoms. The highest BCUT2D eigenvalue weighted by atomic mass is 32.1. The zero-order valence-corrected chi connectivity index (χ0v) is 18.7. The second-order valence-corrected chi connectivity index (χ2v) is 7.85. The van der Waals surface area contributed by atoms with Gasteiger partial charge in [0.15, 0.2) is 5.11 Å². The van der Waals surface area contributed by atoms with E-state index in [1.54, 1.807) is 19.2 Å². The summed E-state index contributed by atoms with van der Waals surface area (Å²) >= 11 is 5.62. The molecule has 0 atom stereocenters. The first kappa shape index (κ1) is 22.9. The third-order valence-electron chi connectivity index (χ3n) is 5.13. The highest BCUT2D eigenvalue weighted by Crippen LogP contribution is 2.16. The average Bonchev–Trinajstić information content (AvgIpc) is 2.77. The number of aromatic nitrogens is 1. The fourth-order valence-corrected chi connectivity index (χ4v) is 3.61. The van der Waals surface area contributed by atoms with Crippen LogP contribution in [0.5, 0.6) is 0 Å². The van der Waals surface area contributed by atoms with Crippen LogP contribution in [0.1, 0.15) is 30.0 Å². The fraction of sp³-hybridized carbons (Fsp3) is 0.333. The topological polar surface area (TPSA) is 57.4 Å². The lowest BCUT2D eigenvalue weighted by atomic mass is 10.1. The highest BCUT2D eigenvalue weighted by molar-refractivity contribution is 7.80. The predicted molar refractivity (Wildman–Crippen MR) is 127 cm³/mol. The molecular formula is C24H28FN3O2S. The van der Waals surface area contributed by atoms with Gasteiger partial charge in [0.1, 0.15) is 5.82 Å². The number of H-pyrrole nitrogens is 1. The van der Waals surface area contributed by atoms with Crippen molar-refractivity contribution in [2.45, 2.75) is 32.9 Å². The summed E-state index contributed by atoms with van der Waals surface area (Å²) in [5.74, 6) is -0.284. The monoisotopic (exact) mass is 441 g/mol. The molecule has 5 nitrogen and oxygen atoms in total. The molecule has 3 aromatic rings. The predicted octanol–water partition coefficient (Wildman–Crippen LogP) is 4.14. The van der Waals surface area contributed by atoms with Gasteiger partial charge in [0.2, 0.25) is 0 Å². The van der Waals surface area contributed by atoms with E-state index in [-0.39, 0.29) is 11.4 Å². The highest BCUT2D eigenvalue weighted by Gasteiger charge is 2.14. The summed E-state index contributed by atoms with van der Waals surface area (Å²) in [5.41, 5.74) is 3.43. The van der Waals surface area contributed by atoms with Gasteiger partial charge in [-0.2, -0.15) is 0 Å². The number of aryl methyl sites for hydroxylation is 1. The van der Waals surface area contributed by atoms with Crippen LogP contribution >= 0.6 is 12.2 Å². The van der Waals surface area contributed by atoms with Gasteiger partial charge in [0.05, 0.1) is 6.54 Å². The van der Waals surface area contributed by atoms with Gasteiger partial charge in [-0.05, 0) is 71.9 Å². The van der Waals surface area contributed by atoms with Gasteiger partial charge in [-0.25, -0.2) is 4.39 Å². The van der Waals surface area contributed by atoms with Crippen molar-refractivity contribution < 1.29 is 9.13 Å². The van der Waals surface area contributed by atoms with Crippen LogP contribution < -0.4 is 10.9 Å². The molecule has 0 spiro atoms. The minimum atomic E-state index is -0.284. The lowest BCUT2D eigenvalue weighted by molar-refractivity contribution is 0.195. The molecule has 31 heavy (non-hydrogen) atoms. The Balaban J connectivity index is 1.85. The van der Waals surface area contributed by atoms with Crippen LogP contribution in [0.3, 0.4) is 0 Å². The molecule has 2 N–H and O–H groups in total. The van der Waals surface area contributed by atoms with Crippen LogP contribution in [0.4, 0.5) is 4.39 Å². The summed E-state index contributed by atoms with van der Waals surface area (Å²) in [5, 5.41) is 4.77. The molecule has 0 fully saturated rings. The van der Waals surface area contributed by atoms with Crippen LogP contribution in [0.15, 0.2) is 53.3 Å². The van der Waals surface area contributed by atoms with Crippen molar-refractivity contribution in [2.24, 2.45) is 0 Å². The lowest BCUT2D eigenvalue weighted by Crippen LogP contribution is -2.40. The number of aromatic amines is 1. The van der Waals surface area contributed by atoms with E-state index in [0.29, 0.717) is 36.9 Å². The standard InChI is InChI=1S/C24H28FN3O2S/c1-3-17-7-10-22-19(13-17)14-20(23(29)27-22)16-28(24(31)26-11-4-12-30-2)15-18-5-8-21(25)9-6-18/h5-10,13-14H,3-4,11-12,15-16H2,1-2H3,(H,26,31)(H,27,29). The van der Waals surface area contributed by atoms with E-state index in [9.17, 15) is 9.18 Å². The van der Waals surface area contributed by atoms with Crippen LogP contribution in [0.25, 0.3) is 10.9 Å². The molecule has 0 aliphatic rings. The van der Waals surface area contributed by atoms with Crippen molar-refractivity contribution in [3.05, 3.63) is 81.4 Å². The minimum Gasteiger partial charge on any atom is -0.385 e. The number of hydrogen-bond acceptors (Lipinski definition) is 3. The van der Waals surface area contributed by atoms with Crippen molar-refractivity contribution >= 4 is 28.2 Å². The van der Waals surface area contributed by atoms with Gasteiger partial charge < -0.3 is 19.9 Å². The Morgan fingerprint density at radius 1 is 1.13 bits per heavy atom. The first-order valence-corrected chi connectivity index (χ1v) is 10.8. The molecule has 0 radical (unpaired) electrons. The Kier molecular flexibility index (Phi) is 8.14. The van der Waals surface area contributed by atoms with Crippen LogP contribution in [0.2, 0.25) is 0 Å². The molecule has 1 heterocycles. The number of methoxy groups -OCH3 is 1. The molecular weight excluding hydrogens is 413 g/mol. The molecule has 0 saturated heterocycles. The number of thiocarbonyl (C=S) groups is 1. The average molecular weight is 442 g/mol. The summed E-state index contributed by atoms with van der Waals surface area (Å²) in [6.07, 6.45) is 1.74. The molecule has 1 aromatic heterocycles. The van der Waals surface area contributed by atoms with E-state index in [2.05, 4.69) is 23.3 Å². The normalized spacial score (nSPS) is 10.9. The molecule has 0 aliphatic carbocycles. The number of fused-ring (bicyclic) bond motifs is 1. The van der Waals surface area contributed by atoms with Gasteiger partial charge in [0, 0.05) is 37.9 Å². The van der Waals surface area contributed by atoms with E-state index < -0.39 is 0 Å². The number of halogens is 1. The van der Waals surface area contributed by atoms with Crippen molar-refractivity contribution in [3.63, 3.8) is 0 Å². The summed E-state index contributed by atoms with van der Waals surface area (Å²) in [4.78, 5) is 17.6. The van der Waals surface area contributed by atoms with Gasteiger partial charge in [-0.1, -0.05) is 25.1 Å². The Labute approximate surface area is 187 Å². The number of hydrogen-bond donors (Lipinski definition) is 2. The SMILES string of the molecule is CCc1ccc2[nH]c(=O)c(CN(Cc3ccc(F)cc3)C(=S)NCCCOC)cc2c1. The maximum absolute atomic E-state index is 13.3. The first-order chi connectivity index (χ1) is 15.0. The first-order valence-electron chi connectivity index (χ1n) is 10.4. The molecule has 0 unspecified atom stereocenters. The Hall–Kier alpha value is -2.77. The van der Waals surface area contributed by atoms with E-state index >= 15 is 0 Å². The summed E-state index contributed by atoms with van der Waals surface area (Å²) in [6.45, 7) is 4.21. The van der Waals surface area contributed by atoms with Gasteiger partial charge in [-0.15, -0.1) is 0 Å². The quantitative estimate of drug-likeness (QED) is 0.386. The maximum Gasteiger partial charge on any atom is 0.253 e. The van der Waals surface area contributed by atoms with E-state index in [4.69, 9.17) is 17.0 Å². The number of ether oxygens (including phenoxy) is 1. The Morgan fingerprint density at radius 2 is 1.87 bits per heavy atom. The Morgan fingerprint density at radius 3 is 2.58 bits per heavy atom. The third kappa shape index (κ3) is 6.35. The molecule has 0 bridgehead atoms. The van der Waals surface area contributed by atoms with Crippen LogP contribution in [-0.2, 0) is 24.2 Å². The minimum absolute atomic E-state index is 0.136. The lowest BCUT2D eigenvalue weighted by Gasteiger charge is -2.26. The van der Waals surface area contributed by atoms with Gasteiger partial charge in [-0.3, -0.25) is 4.79 Å². The number of pyridine rings is 1. The second-order valence-electron chi connectivity index (χ2n) is 7.46. The van der Waals surface area contributed by atoms with Crippen molar-refractivity contribution in [3.8, 4) is 0 Å². The molecule has 3 rings (SSSR count). The van der Waals surface area contributed by atoms with Crippen LogP contribution in [-0.4, -0.2) is 35.3 Å². The fourth-order valence-electron chi connectivity index (χ4n) is 3.38. The summed E-state index contributed by atoms with van der Waals surface area (Å²) in [6, 6.07) is 14.3. The van der Waals surface area contributed by atoms with E-state index in [1.807, 2.05) is 23.1 Å². The molecule has 2 aromatic carbocycles. The maximum atomic E-state index is 13.3. The zero-order valence-electron chi connectivity index (χ0n) is 17.9. The van der Waals surface area contributed by atoms with Crippen molar-refractivity contribution in [2.75, 3.05) is 20.3 Å². The van der Waals surface area contributed by atoms with Crippen molar-refractivity contribution in [1.82, 2.24) is 15.2 Å². The Bertz CT molecular complexity index is 1080. The number of rotatable bonds is 9. The van der Waals surface area contributed by atoms with E-state index in [1.165, 1.54) is 17.7 Å². The molecule has 0 aliphatic heterocycles. The second kappa shape index (κ2) is 11.0. The van der Waals surface area contributed by atoms with Crippen LogP contribution in [0, 0.1) is 5.82 Å². The van der Waals surface area contributed by atoms with Gasteiger partial charge in [0.25, 0.3) is 5.56 Å². The number of nitrogens with one attached hydrogen (secondary N) is 2. The largest absolute Gasteiger partial charge is 0.385 e. The number of nitrogens with zero attached hydrogens (tertiary/aromatic N) is 1. The van der Waals surface area contributed by atoms with E-state index in [0.717, 1.165) is 29.3 Å². The summed E-state index contributed by atoms with van der Waals surface area (Å²) < 4.78 is 18.4. The number of benzene rings is 2. The van der Waals surface area contributed by atoms with Gasteiger partial charge >= 0.3 is 0 Å². The smallest absolute Gasteiger partial charge is 0.253 e. The molecule has 0 amide bonds. The molecule has 0 saturated carbocycles. The third-order valence-corrected chi connectivity index (χ3v) is 5.53. The zero-order chi connectivity index (χ0) is 22.2. The van der Waals surface area contributed by atoms with Crippen molar-refractivity contribution in [1.29, 1.82) is 0 Å². The summed E-state index contributed by atoms with van der Waals surface area (Å²) in [7, 11) is 1.66.